The van der Waals surface area contributed by atoms with Gasteiger partial charge in [0.2, 0.25) is 0 Å². The molecule has 2 atom stereocenters. The van der Waals surface area contributed by atoms with Crippen molar-refractivity contribution in [1.29, 1.82) is 0 Å². The van der Waals surface area contributed by atoms with Crippen LogP contribution in [0.4, 0.5) is 0 Å². The first-order valence-corrected chi connectivity index (χ1v) is 23.4. The smallest absolute Gasteiger partial charge is 0.306 e. The highest BCUT2D eigenvalue weighted by atomic mass is 16.6. The molecule has 1 unspecified atom stereocenters. The van der Waals surface area contributed by atoms with Crippen LogP contribution in [0.5, 0.6) is 0 Å². The topological polar surface area (TPSA) is 78.9 Å². The van der Waals surface area contributed by atoms with E-state index in [4.69, 9.17) is 14.2 Å². The van der Waals surface area contributed by atoms with Crippen LogP contribution in [-0.4, -0.2) is 37.2 Å². The highest BCUT2D eigenvalue weighted by Crippen LogP contribution is 2.17. The Morgan fingerprint density at radius 1 is 0.377 bits per heavy atom. The van der Waals surface area contributed by atoms with Crippen LogP contribution < -0.4 is 0 Å². The molecular weight excluding hydrogens is 661 g/mol. The second-order valence-electron chi connectivity index (χ2n) is 16.3. The summed E-state index contributed by atoms with van der Waals surface area (Å²) in [7, 11) is 0. The van der Waals surface area contributed by atoms with Gasteiger partial charge in [0.1, 0.15) is 13.2 Å². The summed E-state index contributed by atoms with van der Waals surface area (Å²) in [5.41, 5.74) is 0. The average Bonchev–Trinajstić information content (AvgIpc) is 3.15. The van der Waals surface area contributed by atoms with Crippen molar-refractivity contribution in [2.45, 2.75) is 265 Å². The molecule has 6 nitrogen and oxygen atoms in total. The average molecular weight is 751 g/mol. The molecule has 314 valence electrons. The summed E-state index contributed by atoms with van der Waals surface area (Å²) in [5.74, 6) is -0.0478. The lowest BCUT2D eigenvalue weighted by molar-refractivity contribution is -0.167. The molecule has 0 N–H and O–H groups in total. The number of hydrogen-bond acceptors (Lipinski definition) is 6. The van der Waals surface area contributed by atoms with E-state index in [0.717, 1.165) is 63.7 Å². The molecule has 0 aromatic heterocycles. The van der Waals surface area contributed by atoms with E-state index in [1.54, 1.807) is 0 Å². The summed E-state index contributed by atoms with van der Waals surface area (Å²) in [6.07, 6.45) is 41.0. The van der Waals surface area contributed by atoms with E-state index in [0.29, 0.717) is 19.3 Å². The SMILES string of the molecule is CCCCCCCCCCCCCCCCCCCCC(=O)O[C@H](COC(=O)CCCCCCCCC)COC(=O)CCCCCCCCC(C)CC. The molecule has 0 aliphatic rings. The van der Waals surface area contributed by atoms with Crippen LogP contribution in [0.25, 0.3) is 0 Å². The Balaban J connectivity index is 4.21. The zero-order chi connectivity index (χ0) is 38.9. The fraction of sp³-hybridized carbons (Fsp3) is 0.936. The summed E-state index contributed by atoms with van der Waals surface area (Å²) in [4.78, 5) is 37.6. The van der Waals surface area contributed by atoms with Crippen molar-refractivity contribution in [3.8, 4) is 0 Å². The predicted molar refractivity (Wildman–Crippen MR) is 224 cm³/mol. The fourth-order valence-corrected chi connectivity index (χ4v) is 6.95. The molecule has 0 saturated heterocycles. The van der Waals surface area contributed by atoms with Gasteiger partial charge in [-0.25, -0.2) is 0 Å². The van der Waals surface area contributed by atoms with E-state index in [2.05, 4.69) is 27.7 Å². The Morgan fingerprint density at radius 3 is 0.981 bits per heavy atom. The lowest BCUT2D eigenvalue weighted by Gasteiger charge is -2.18. The lowest BCUT2D eigenvalue weighted by atomic mass is 10.00. The largest absolute Gasteiger partial charge is 0.462 e. The third-order valence-corrected chi connectivity index (χ3v) is 10.9. The molecule has 0 heterocycles. The van der Waals surface area contributed by atoms with E-state index in [-0.39, 0.29) is 31.1 Å². The van der Waals surface area contributed by atoms with Crippen molar-refractivity contribution in [2.75, 3.05) is 13.2 Å². The highest BCUT2D eigenvalue weighted by molar-refractivity contribution is 5.71. The summed E-state index contributed by atoms with van der Waals surface area (Å²) in [5, 5.41) is 0. The van der Waals surface area contributed by atoms with Crippen LogP contribution >= 0.6 is 0 Å². The van der Waals surface area contributed by atoms with Crippen molar-refractivity contribution in [1.82, 2.24) is 0 Å². The fourth-order valence-electron chi connectivity index (χ4n) is 6.95. The minimum absolute atomic E-state index is 0.0654. The monoisotopic (exact) mass is 751 g/mol. The van der Waals surface area contributed by atoms with Gasteiger partial charge in [0.25, 0.3) is 0 Å². The highest BCUT2D eigenvalue weighted by Gasteiger charge is 2.19. The molecule has 0 saturated carbocycles. The minimum atomic E-state index is -0.759. The van der Waals surface area contributed by atoms with Crippen LogP contribution in [0.15, 0.2) is 0 Å². The number of hydrogen-bond donors (Lipinski definition) is 0. The molecular formula is C47H90O6. The minimum Gasteiger partial charge on any atom is -0.462 e. The molecule has 0 bridgehead atoms. The van der Waals surface area contributed by atoms with Gasteiger partial charge >= 0.3 is 17.9 Å². The molecule has 6 heteroatoms. The van der Waals surface area contributed by atoms with Crippen molar-refractivity contribution >= 4 is 17.9 Å². The normalized spacial score (nSPS) is 12.5. The number of rotatable bonds is 42. The summed E-state index contributed by atoms with van der Waals surface area (Å²) in [6.45, 7) is 8.93. The van der Waals surface area contributed by atoms with Gasteiger partial charge in [-0.05, 0) is 25.2 Å². The van der Waals surface area contributed by atoms with Crippen LogP contribution in [0.1, 0.15) is 259 Å². The van der Waals surface area contributed by atoms with Crippen LogP contribution in [0.3, 0.4) is 0 Å². The second-order valence-corrected chi connectivity index (χ2v) is 16.3. The molecule has 0 amide bonds. The van der Waals surface area contributed by atoms with Gasteiger partial charge in [-0.2, -0.15) is 0 Å². The van der Waals surface area contributed by atoms with Gasteiger partial charge in [0.05, 0.1) is 0 Å². The maximum atomic E-state index is 12.7. The molecule has 0 spiro atoms. The Hall–Kier alpha value is -1.59. The molecule has 0 fully saturated rings. The van der Waals surface area contributed by atoms with E-state index < -0.39 is 6.10 Å². The molecule has 0 radical (unpaired) electrons. The van der Waals surface area contributed by atoms with Crippen molar-refractivity contribution < 1.29 is 28.6 Å². The zero-order valence-electron chi connectivity index (χ0n) is 36.0. The Morgan fingerprint density at radius 2 is 0.660 bits per heavy atom. The molecule has 0 rings (SSSR count). The summed E-state index contributed by atoms with van der Waals surface area (Å²) < 4.78 is 16.7. The number of ether oxygens (including phenoxy) is 3. The van der Waals surface area contributed by atoms with E-state index in [1.807, 2.05) is 0 Å². The van der Waals surface area contributed by atoms with Crippen molar-refractivity contribution in [3.05, 3.63) is 0 Å². The maximum Gasteiger partial charge on any atom is 0.306 e. The number of esters is 3. The summed E-state index contributed by atoms with van der Waals surface area (Å²) in [6, 6.07) is 0. The summed E-state index contributed by atoms with van der Waals surface area (Å²) >= 11 is 0. The molecule has 0 aliphatic heterocycles. The maximum absolute atomic E-state index is 12.7. The standard InChI is InChI=1S/C47H90O6/c1-5-8-10-12-14-15-16-17-18-19-20-21-22-23-24-26-32-36-40-47(50)53-44(41-51-45(48)38-34-30-25-13-11-9-6-2)42-52-46(49)39-35-31-28-27-29-33-37-43(4)7-3/h43-44H,5-42H2,1-4H3/t43?,44-/m1/s1. The third kappa shape index (κ3) is 39.9. The Kier molecular flexibility index (Phi) is 40.3. The Bertz CT molecular complexity index is 798. The zero-order valence-corrected chi connectivity index (χ0v) is 36.0. The molecule has 53 heavy (non-hydrogen) atoms. The predicted octanol–water partition coefficient (Wildman–Crippen LogP) is 14.7. The van der Waals surface area contributed by atoms with Gasteiger partial charge < -0.3 is 14.2 Å². The van der Waals surface area contributed by atoms with E-state index in [9.17, 15) is 14.4 Å². The van der Waals surface area contributed by atoms with Crippen molar-refractivity contribution in [2.24, 2.45) is 5.92 Å². The van der Waals surface area contributed by atoms with E-state index >= 15 is 0 Å². The van der Waals surface area contributed by atoms with Crippen LogP contribution in [-0.2, 0) is 28.6 Å². The van der Waals surface area contributed by atoms with Gasteiger partial charge in [0.15, 0.2) is 6.10 Å². The quantitative estimate of drug-likeness (QED) is 0.0351. The first kappa shape index (κ1) is 51.4. The van der Waals surface area contributed by atoms with Crippen molar-refractivity contribution in [3.63, 3.8) is 0 Å². The van der Waals surface area contributed by atoms with E-state index in [1.165, 1.54) is 154 Å². The van der Waals surface area contributed by atoms with Gasteiger partial charge in [-0.1, -0.05) is 220 Å². The Labute approximate surface area is 329 Å². The third-order valence-electron chi connectivity index (χ3n) is 10.9. The molecule has 0 aromatic rings. The number of unbranched alkanes of at least 4 members (excludes halogenated alkanes) is 28. The number of carbonyl (C=O) groups excluding carboxylic acids is 3. The first-order chi connectivity index (χ1) is 25.9. The first-order valence-electron chi connectivity index (χ1n) is 23.4. The number of carbonyl (C=O) groups is 3. The lowest BCUT2D eigenvalue weighted by Crippen LogP contribution is -2.30. The van der Waals surface area contributed by atoms with Gasteiger partial charge in [0, 0.05) is 19.3 Å². The molecule has 0 aliphatic carbocycles. The van der Waals surface area contributed by atoms with Gasteiger partial charge in [-0.15, -0.1) is 0 Å². The molecule has 0 aromatic carbocycles. The second kappa shape index (κ2) is 41.6. The van der Waals surface area contributed by atoms with Crippen LogP contribution in [0, 0.1) is 5.92 Å². The van der Waals surface area contributed by atoms with Crippen LogP contribution in [0.2, 0.25) is 0 Å². The van der Waals surface area contributed by atoms with Gasteiger partial charge in [-0.3, -0.25) is 14.4 Å².